The third-order valence-electron chi connectivity index (χ3n) is 3.28. The minimum Gasteiger partial charge on any atom is -0.469 e. The van der Waals surface area contributed by atoms with E-state index in [1.807, 2.05) is 43.4 Å². The van der Waals surface area contributed by atoms with Crippen molar-refractivity contribution >= 4 is 11.8 Å². The Balaban J connectivity index is 1.91. The lowest BCUT2D eigenvalue weighted by atomic mass is 10.2. The molecule has 0 fully saturated rings. The summed E-state index contributed by atoms with van der Waals surface area (Å²) in [5.74, 6) is 2.72. The Morgan fingerprint density at radius 1 is 1.30 bits per heavy atom. The third kappa shape index (κ3) is 5.65. The van der Waals surface area contributed by atoms with Gasteiger partial charge in [0.05, 0.1) is 12.8 Å². The van der Waals surface area contributed by atoms with E-state index in [0.717, 1.165) is 42.6 Å². The first-order valence-electron chi connectivity index (χ1n) is 7.86. The first-order chi connectivity index (χ1) is 11.2. The van der Waals surface area contributed by atoms with Gasteiger partial charge in [-0.3, -0.25) is 0 Å². The summed E-state index contributed by atoms with van der Waals surface area (Å²) in [5, 5.41) is 6.57. The molecular weight excluding hydrogens is 290 g/mol. The van der Waals surface area contributed by atoms with Crippen LogP contribution in [0.4, 0.5) is 5.82 Å². The largest absolute Gasteiger partial charge is 0.469 e. The van der Waals surface area contributed by atoms with Crippen molar-refractivity contribution in [2.45, 2.75) is 19.9 Å². The summed E-state index contributed by atoms with van der Waals surface area (Å²) in [5.41, 5.74) is 1.13. The van der Waals surface area contributed by atoms with Crippen LogP contribution < -0.4 is 15.5 Å². The maximum absolute atomic E-state index is 5.33. The molecule has 2 aromatic rings. The Hall–Kier alpha value is -2.50. The molecule has 0 saturated carbocycles. The summed E-state index contributed by atoms with van der Waals surface area (Å²) in [6, 6.07) is 7.92. The van der Waals surface area contributed by atoms with Gasteiger partial charge in [0, 0.05) is 39.8 Å². The second-order valence-electron chi connectivity index (χ2n) is 5.37. The molecule has 2 heterocycles. The van der Waals surface area contributed by atoms with Crippen LogP contribution in [0.25, 0.3) is 0 Å². The molecule has 23 heavy (non-hydrogen) atoms. The van der Waals surface area contributed by atoms with Gasteiger partial charge in [0.1, 0.15) is 11.6 Å². The summed E-state index contributed by atoms with van der Waals surface area (Å²) >= 11 is 0. The van der Waals surface area contributed by atoms with Gasteiger partial charge in [0.25, 0.3) is 0 Å². The topological polar surface area (TPSA) is 65.7 Å². The lowest BCUT2D eigenvalue weighted by Gasteiger charge is -2.13. The molecule has 0 bridgehead atoms. The number of anilines is 1. The first kappa shape index (κ1) is 16.9. The van der Waals surface area contributed by atoms with Crippen molar-refractivity contribution in [1.29, 1.82) is 0 Å². The second-order valence-corrected chi connectivity index (χ2v) is 5.37. The van der Waals surface area contributed by atoms with E-state index in [4.69, 9.17) is 4.42 Å². The predicted molar refractivity (Wildman–Crippen MR) is 93.8 cm³/mol. The van der Waals surface area contributed by atoms with Crippen molar-refractivity contribution in [3.63, 3.8) is 0 Å². The van der Waals surface area contributed by atoms with Crippen molar-refractivity contribution in [2.24, 2.45) is 4.99 Å². The zero-order valence-electron chi connectivity index (χ0n) is 14.0. The molecule has 0 saturated heterocycles. The van der Waals surface area contributed by atoms with Crippen molar-refractivity contribution < 1.29 is 4.42 Å². The molecule has 2 aromatic heterocycles. The van der Waals surface area contributed by atoms with E-state index in [9.17, 15) is 0 Å². The van der Waals surface area contributed by atoms with Crippen molar-refractivity contribution in [3.05, 3.63) is 48.0 Å². The fraction of sp³-hybridized carbons (Fsp3) is 0.412. The minimum atomic E-state index is 0.611. The molecule has 0 spiro atoms. The van der Waals surface area contributed by atoms with Crippen LogP contribution in [0, 0.1) is 0 Å². The van der Waals surface area contributed by atoms with Crippen molar-refractivity contribution in [2.75, 3.05) is 32.1 Å². The number of aromatic nitrogens is 1. The Morgan fingerprint density at radius 2 is 2.17 bits per heavy atom. The molecule has 0 aliphatic rings. The van der Waals surface area contributed by atoms with Crippen LogP contribution in [0.5, 0.6) is 0 Å². The van der Waals surface area contributed by atoms with Gasteiger partial charge in [-0.25, -0.2) is 9.98 Å². The molecule has 0 aliphatic carbocycles. The Bertz CT molecular complexity index is 607. The lowest BCUT2D eigenvalue weighted by Crippen LogP contribution is -2.38. The summed E-state index contributed by atoms with van der Waals surface area (Å²) in [4.78, 5) is 10.9. The third-order valence-corrected chi connectivity index (χ3v) is 3.28. The second kappa shape index (κ2) is 8.82. The monoisotopic (exact) mass is 315 g/mol. The molecule has 2 N–H and O–H groups in total. The molecule has 6 nitrogen and oxygen atoms in total. The molecule has 0 aliphatic heterocycles. The number of pyridine rings is 1. The van der Waals surface area contributed by atoms with Crippen LogP contribution in [0.3, 0.4) is 0 Å². The van der Waals surface area contributed by atoms with E-state index in [0.29, 0.717) is 6.54 Å². The fourth-order valence-corrected chi connectivity index (χ4v) is 2.07. The van der Waals surface area contributed by atoms with Gasteiger partial charge in [-0.1, -0.05) is 0 Å². The average Bonchev–Trinajstić information content (AvgIpc) is 3.06. The SMILES string of the molecule is CCNC(=NCc1ccnc(N(C)C)c1)NCCc1ccco1. The number of guanidine groups is 1. The van der Waals surface area contributed by atoms with Gasteiger partial charge in [-0.15, -0.1) is 0 Å². The first-order valence-corrected chi connectivity index (χ1v) is 7.86. The minimum absolute atomic E-state index is 0.611. The molecule has 2 rings (SSSR count). The summed E-state index contributed by atoms with van der Waals surface area (Å²) in [7, 11) is 3.96. The van der Waals surface area contributed by atoms with Crippen LogP contribution in [0.1, 0.15) is 18.2 Å². The van der Waals surface area contributed by atoms with Gasteiger partial charge < -0.3 is 20.0 Å². The number of furan rings is 1. The smallest absolute Gasteiger partial charge is 0.191 e. The van der Waals surface area contributed by atoms with Crippen LogP contribution >= 0.6 is 0 Å². The Labute approximate surface area is 137 Å². The van der Waals surface area contributed by atoms with Gasteiger partial charge in [0.15, 0.2) is 5.96 Å². The fourth-order valence-electron chi connectivity index (χ4n) is 2.07. The molecular formula is C17H25N5O. The van der Waals surface area contributed by atoms with Gasteiger partial charge in [-0.05, 0) is 36.8 Å². The highest BCUT2D eigenvalue weighted by Crippen LogP contribution is 2.10. The van der Waals surface area contributed by atoms with Crippen LogP contribution in [0.15, 0.2) is 46.1 Å². The molecule has 124 valence electrons. The standard InChI is InChI=1S/C17H25N5O/c1-4-18-17(20-10-8-15-6-5-11-23-15)21-13-14-7-9-19-16(12-14)22(2)3/h5-7,9,11-12H,4,8,10,13H2,1-3H3,(H2,18,20,21). The van der Waals surface area contributed by atoms with E-state index in [1.54, 1.807) is 6.26 Å². The zero-order chi connectivity index (χ0) is 16.5. The molecule has 0 aromatic carbocycles. The number of hydrogen-bond donors (Lipinski definition) is 2. The van der Waals surface area contributed by atoms with Gasteiger partial charge in [0.2, 0.25) is 0 Å². The number of aliphatic imine (C=N–C) groups is 1. The van der Waals surface area contributed by atoms with E-state index >= 15 is 0 Å². The molecule has 0 amide bonds. The summed E-state index contributed by atoms with van der Waals surface area (Å²) < 4.78 is 5.33. The number of rotatable bonds is 7. The van der Waals surface area contributed by atoms with Crippen LogP contribution in [-0.4, -0.2) is 38.1 Å². The number of hydrogen-bond acceptors (Lipinski definition) is 4. The number of nitrogens with one attached hydrogen (secondary N) is 2. The molecule has 0 unspecified atom stereocenters. The Morgan fingerprint density at radius 3 is 2.87 bits per heavy atom. The van der Waals surface area contributed by atoms with Gasteiger partial charge >= 0.3 is 0 Å². The maximum atomic E-state index is 5.33. The van der Waals surface area contributed by atoms with Crippen molar-refractivity contribution in [3.8, 4) is 0 Å². The van der Waals surface area contributed by atoms with Crippen molar-refractivity contribution in [1.82, 2.24) is 15.6 Å². The average molecular weight is 315 g/mol. The zero-order valence-corrected chi connectivity index (χ0v) is 14.0. The lowest BCUT2D eigenvalue weighted by molar-refractivity contribution is 0.507. The highest BCUT2D eigenvalue weighted by atomic mass is 16.3. The molecule has 0 atom stereocenters. The van der Waals surface area contributed by atoms with E-state index in [2.05, 4.69) is 33.6 Å². The maximum Gasteiger partial charge on any atom is 0.191 e. The van der Waals surface area contributed by atoms with Crippen LogP contribution in [-0.2, 0) is 13.0 Å². The molecule has 0 radical (unpaired) electrons. The number of nitrogens with zero attached hydrogens (tertiary/aromatic N) is 3. The van der Waals surface area contributed by atoms with E-state index in [1.165, 1.54) is 0 Å². The van der Waals surface area contributed by atoms with Gasteiger partial charge in [-0.2, -0.15) is 0 Å². The Kier molecular flexibility index (Phi) is 6.47. The summed E-state index contributed by atoms with van der Waals surface area (Å²) in [6.45, 7) is 4.27. The highest BCUT2D eigenvalue weighted by Gasteiger charge is 2.01. The van der Waals surface area contributed by atoms with E-state index in [-0.39, 0.29) is 0 Å². The van der Waals surface area contributed by atoms with E-state index < -0.39 is 0 Å². The predicted octanol–water partition coefficient (Wildman–Crippen LogP) is 2.04. The highest BCUT2D eigenvalue weighted by molar-refractivity contribution is 5.79. The summed E-state index contributed by atoms with van der Waals surface area (Å²) in [6.07, 6.45) is 4.34. The quantitative estimate of drug-likeness (QED) is 0.604. The molecule has 6 heteroatoms. The van der Waals surface area contributed by atoms with Crippen LogP contribution in [0.2, 0.25) is 0 Å². The normalized spacial score (nSPS) is 11.3.